The van der Waals surface area contributed by atoms with E-state index >= 15 is 0 Å². The number of carbonyl (C=O) groups is 1. The van der Waals surface area contributed by atoms with Gasteiger partial charge in [-0.1, -0.05) is 46.9 Å². The van der Waals surface area contributed by atoms with E-state index in [-0.39, 0.29) is 52.0 Å². The molecule has 3 aromatic rings. The Hall–Kier alpha value is -2.74. The average molecular weight is 483 g/mol. The minimum absolute atomic E-state index is 0.186. The zero-order chi connectivity index (χ0) is 22.4. The molecule has 0 aliphatic heterocycles. The van der Waals surface area contributed by atoms with Gasteiger partial charge in [-0.2, -0.15) is 5.10 Å². The van der Waals surface area contributed by atoms with Crippen molar-refractivity contribution in [2.75, 3.05) is 20.3 Å². The third-order valence-electron chi connectivity index (χ3n) is 4.21. The Morgan fingerprint density at radius 1 is 1.06 bits per heavy atom. The average Bonchev–Trinajstić information content (AvgIpc) is 2.76. The van der Waals surface area contributed by atoms with Crippen molar-refractivity contribution in [3.8, 4) is 22.8 Å². The van der Waals surface area contributed by atoms with E-state index < -0.39 is 0 Å². The molecule has 0 saturated heterocycles. The molecular weight excluding hydrogens is 465 g/mol. The lowest BCUT2D eigenvalue weighted by atomic mass is 10.1. The summed E-state index contributed by atoms with van der Waals surface area (Å²) in [6.07, 6.45) is 0. The maximum atomic E-state index is 12.1. The fourth-order valence-electron chi connectivity index (χ4n) is 2.66. The predicted octanol–water partition coefficient (Wildman–Crippen LogP) is 4.07. The van der Waals surface area contributed by atoms with E-state index in [1.807, 2.05) is 24.3 Å². The van der Waals surface area contributed by atoms with Crippen molar-refractivity contribution in [3.63, 3.8) is 0 Å². The first-order valence-electron chi connectivity index (χ1n) is 9.14. The molecule has 0 spiro atoms. The van der Waals surface area contributed by atoms with Crippen molar-refractivity contribution in [2.45, 2.75) is 6.54 Å². The first-order chi connectivity index (χ1) is 14.9. The minimum Gasteiger partial charge on any atom is -0.497 e. The number of nitrogens with one attached hydrogen (secondary N) is 1. The Morgan fingerprint density at radius 3 is 2.61 bits per heavy atom. The minimum atomic E-state index is -0.390. The number of hydrogen-bond donors (Lipinski definition) is 1. The van der Waals surface area contributed by atoms with Crippen molar-refractivity contribution >= 4 is 40.7 Å². The SMILES string of the molecule is COc1cccc(-c2ccc(=O)n(CCNC(=O)COc3cc(Cl)c(Cl)cc3Cl)n2)c1. The molecule has 0 aliphatic rings. The lowest BCUT2D eigenvalue weighted by Crippen LogP contribution is -2.34. The predicted molar refractivity (Wildman–Crippen MR) is 120 cm³/mol. The fourth-order valence-corrected chi connectivity index (χ4v) is 3.25. The second kappa shape index (κ2) is 10.5. The van der Waals surface area contributed by atoms with Crippen molar-refractivity contribution in [2.24, 2.45) is 0 Å². The lowest BCUT2D eigenvalue weighted by molar-refractivity contribution is -0.123. The van der Waals surface area contributed by atoms with Crippen LogP contribution in [0.4, 0.5) is 0 Å². The number of aromatic nitrogens is 2. The van der Waals surface area contributed by atoms with Gasteiger partial charge in [0.2, 0.25) is 0 Å². The Bertz CT molecular complexity index is 1150. The number of ether oxygens (including phenoxy) is 2. The van der Waals surface area contributed by atoms with Gasteiger partial charge in [-0.3, -0.25) is 9.59 Å². The summed E-state index contributed by atoms with van der Waals surface area (Å²) in [6, 6.07) is 13.3. The molecule has 3 rings (SSSR count). The van der Waals surface area contributed by atoms with E-state index in [0.29, 0.717) is 11.4 Å². The molecule has 0 saturated carbocycles. The van der Waals surface area contributed by atoms with Gasteiger partial charge in [0.1, 0.15) is 11.5 Å². The highest BCUT2D eigenvalue weighted by atomic mass is 35.5. The Balaban J connectivity index is 1.57. The molecule has 1 N–H and O–H groups in total. The van der Waals surface area contributed by atoms with Gasteiger partial charge >= 0.3 is 0 Å². The van der Waals surface area contributed by atoms with E-state index in [1.165, 1.54) is 22.9 Å². The van der Waals surface area contributed by atoms with Crippen LogP contribution in [-0.4, -0.2) is 35.9 Å². The molecule has 0 aliphatic carbocycles. The number of halogens is 3. The van der Waals surface area contributed by atoms with Gasteiger partial charge in [0.25, 0.3) is 11.5 Å². The van der Waals surface area contributed by atoms with Crippen LogP contribution in [0.5, 0.6) is 11.5 Å². The van der Waals surface area contributed by atoms with Crippen LogP contribution in [0.1, 0.15) is 0 Å². The zero-order valence-electron chi connectivity index (χ0n) is 16.4. The molecule has 0 fully saturated rings. The number of amides is 1. The summed E-state index contributed by atoms with van der Waals surface area (Å²) < 4.78 is 11.9. The van der Waals surface area contributed by atoms with E-state index in [1.54, 1.807) is 13.2 Å². The number of benzene rings is 2. The van der Waals surface area contributed by atoms with Crippen molar-refractivity contribution in [1.82, 2.24) is 15.1 Å². The second-order valence-electron chi connectivity index (χ2n) is 6.35. The van der Waals surface area contributed by atoms with Crippen molar-refractivity contribution in [3.05, 3.63) is 74.0 Å². The molecule has 0 radical (unpaired) electrons. The molecule has 0 unspecified atom stereocenters. The molecule has 1 amide bonds. The van der Waals surface area contributed by atoms with Crippen LogP contribution < -0.4 is 20.3 Å². The molecule has 0 atom stereocenters. The van der Waals surface area contributed by atoms with Gasteiger partial charge in [0, 0.05) is 24.2 Å². The van der Waals surface area contributed by atoms with Crippen LogP contribution in [0.3, 0.4) is 0 Å². The highest BCUT2D eigenvalue weighted by Gasteiger charge is 2.10. The van der Waals surface area contributed by atoms with Gasteiger partial charge in [-0.25, -0.2) is 4.68 Å². The normalized spacial score (nSPS) is 10.6. The van der Waals surface area contributed by atoms with Crippen LogP contribution in [0.15, 0.2) is 53.3 Å². The summed E-state index contributed by atoms with van der Waals surface area (Å²) >= 11 is 17.8. The van der Waals surface area contributed by atoms with Crippen LogP contribution in [0.2, 0.25) is 15.1 Å². The fraction of sp³-hybridized carbons (Fsp3) is 0.190. The quantitative estimate of drug-likeness (QED) is 0.489. The molecule has 31 heavy (non-hydrogen) atoms. The first-order valence-corrected chi connectivity index (χ1v) is 10.3. The monoisotopic (exact) mass is 481 g/mol. The maximum Gasteiger partial charge on any atom is 0.266 e. The standard InChI is InChI=1S/C21H18Cl3N3O4/c1-30-14-4-2-3-13(9-14)18-5-6-21(29)27(26-18)8-7-25-20(28)12-31-19-11-16(23)15(22)10-17(19)24/h2-6,9-11H,7-8,12H2,1H3,(H,25,28). The van der Waals surface area contributed by atoms with Gasteiger partial charge in [0.15, 0.2) is 6.61 Å². The van der Waals surface area contributed by atoms with Crippen LogP contribution in [-0.2, 0) is 11.3 Å². The number of rotatable bonds is 8. The number of methoxy groups -OCH3 is 1. The third kappa shape index (κ3) is 6.13. The molecular formula is C21H18Cl3N3O4. The van der Waals surface area contributed by atoms with E-state index in [4.69, 9.17) is 44.3 Å². The largest absolute Gasteiger partial charge is 0.497 e. The molecule has 7 nitrogen and oxygen atoms in total. The summed E-state index contributed by atoms with van der Waals surface area (Å²) in [4.78, 5) is 24.2. The first kappa shape index (κ1) is 22.9. The van der Waals surface area contributed by atoms with Crippen molar-refractivity contribution in [1.29, 1.82) is 0 Å². The van der Waals surface area contributed by atoms with Crippen LogP contribution >= 0.6 is 34.8 Å². The molecule has 162 valence electrons. The van der Waals surface area contributed by atoms with Crippen molar-refractivity contribution < 1.29 is 14.3 Å². The van der Waals surface area contributed by atoms with Gasteiger partial charge < -0.3 is 14.8 Å². The Labute approximate surface area is 193 Å². The summed E-state index contributed by atoms with van der Waals surface area (Å²) in [5.41, 5.74) is 1.14. The summed E-state index contributed by atoms with van der Waals surface area (Å²) in [5, 5.41) is 7.82. The summed E-state index contributed by atoms with van der Waals surface area (Å²) in [7, 11) is 1.58. The topological polar surface area (TPSA) is 82.5 Å². The zero-order valence-corrected chi connectivity index (χ0v) is 18.7. The number of hydrogen-bond acceptors (Lipinski definition) is 5. The smallest absolute Gasteiger partial charge is 0.266 e. The Kier molecular flexibility index (Phi) is 7.79. The lowest BCUT2D eigenvalue weighted by Gasteiger charge is -2.11. The summed E-state index contributed by atoms with van der Waals surface area (Å²) in [6.45, 7) is 0.103. The van der Waals surface area contributed by atoms with E-state index in [0.717, 1.165) is 5.56 Å². The molecule has 2 aromatic carbocycles. The van der Waals surface area contributed by atoms with Gasteiger partial charge in [-0.05, 0) is 24.3 Å². The number of nitrogens with zero attached hydrogens (tertiary/aromatic N) is 2. The highest BCUT2D eigenvalue weighted by Crippen LogP contribution is 2.33. The number of carbonyl (C=O) groups excluding carboxylic acids is 1. The third-order valence-corrected chi connectivity index (χ3v) is 5.23. The van der Waals surface area contributed by atoms with Gasteiger partial charge in [-0.15, -0.1) is 0 Å². The van der Waals surface area contributed by atoms with Gasteiger partial charge in [0.05, 0.1) is 34.4 Å². The molecule has 1 aromatic heterocycles. The second-order valence-corrected chi connectivity index (χ2v) is 7.57. The molecule has 10 heteroatoms. The Morgan fingerprint density at radius 2 is 1.84 bits per heavy atom. The maximum absolute atomic E-state index is 12.1. The highest BCUT2D eigenvalue weighted by molar-refractivity contribution is 6.43. The van der Waals surface area contributed by atoms with E-state index in [9.17, 15) is 9.59 Å². The molecule has 0 bridgehead atoms. The summed E-state index contributed by atoms with van der Waals surface area (Å²) in [5.74, 6) is 0.542. The van der Waals surface area contributed by atoms with Crippen LogP contribution in [0, 0.1) is 0 Å². The van der Waals surface area contributed by atoms with E-state index in [2.05, 4.69) is 10.4 Å². The molecule has 1 heterocycles. The van der Waals surface area contributed by atoms with Crippen LogP contribution in [0.25, 0.3) is 11.3 Å².